The predicted molar refractivity (Wildman–Crippen MR) is 110 cm³/mol. The molecule has 1 atom stereocenters. The number of hydrazone groups is 1. The van der Waals surface area contributed by atoms with Gasteiger partial charge in [-0.05, 0) is 36.8 Å². The van der Waals surface area contributed by atoms with Gasteiger partial charge in [-0.1, -0.05) is 66.7 Å². The molecule has 2 amide bonds. The van der Waals surface area contributed by atoms with Gasteiger partial charge in [-0.3, -0.25) is 14.8 Å². The van der Waals surface area contributed by atoms with Crippen LogP contribution in [-0.2, 0) is 10.3 Å². The number of hydrogen-bond donors (Lipinski definition) is 1. The minimum Gasteiger partial charge on any atom is -0.284 e. The molecule has 1 unspecified atom stereocenters. The van der Waals surface area contributed by atoms with Gasteiger partial charge in [-0.25, -0.2) is 0 Å². The van der Waals surface area contributed by atoms with Crippen LogP contribution >= 0.6 is 0 Å². The number of hydroxylamine groups is 2. The maximum atomic E-state index is 13.7. The summed E-state index contributed by atoms with van der Waals surface area (Å²) in [5.41, 5.74) is -0.190. The molecule has 0 fully saturated rings. The second kappa shape index (κ2) is 7.33. The minimum absolute atomic E-state index is 0.268. The lowest BCUT2D eigenvalue weighted by Gasteiger charge is -2.35. The Balaban J connectivity index is 1.86. The number of para-hydroxylation sites is 1. The van der Waals surface area contributed by atoms with Gasteiger partial charge in [0, 0.05) is 5.56 Å². The zero-order chi connectivity index (χ0) is 20.4. The molecule has 0 saturated heterocycles. The normalized spacial score (nSPS) is 18.5. The van der Waals surface area contributed by atoms with Crippen molar-refractivity contribution < 1.29 is 14.8 Å². The molecule has 144 valence electrons. The first-order chi connectivity index (χ1) is 14.1. The van der Waals surface area contributed by atoms with Crippen molar-refractivity contribution in [2.24, 2.45) is 5.10 Å². The van der Waals surface area contributed by atoms with E-state index in [0.717, 1.165) is 0 Å². The number of benzene rings is 3. The summed E-state index contributed by atoms with van der Waals surface area (Å²) in [5, 5.41) is 17.3. The standard InChI is InChI=1S/C23H19N3O3/c1-17-23(19-13-7-3-8-14-19,26(29)21(27)18-11-5-2-6-12-18)22(28)25(24-17)20-15-9-4-10-16-20/h2-16,29H,1H3. The van der Waals surface area contributed by atoms with E-state index in [-0.39, 0.29) is 5.56 Å². The van der Waals surface area contributed by atoms with E-state index < -0.39 is 17.4 Å². The lowest BCUT2D eigenvalue weighted by molar-refractivity contribution is -0.147. The van der Waals surface area contributed by atoms with Crippen LogP contribution in [0.2, 0.25) is 0 Å². The van der Waals surface area contributed by atoms with Crippen LogP contribution in [0.1, 0.15) is 22.8 Å². The lowest BCUT2D eigenvalue weighted by atomic mass is 9.84. The molecule has 0 saturated carbocycles. The molecule has 1 aliphatic heterocycles. The molecular weight excluding hydrogens is 366 g/mol. The van der Waals surface area contributed by atoms with Crippen molar-refractivity contribution in [1.29, 1.82) is 0 Å². The van der Waals surface area contributed by atoms with Gasteiger partial charge in [-0.2, -0.15) is 15.2 Å². The summed E-state index contributed by atoms with van der Waals surface area (Å²) in [6.45, 7) is 1.63. The van der Waals surface area contributed by atoms with Crippen LogP contribution in [-0.4, -0.2) is 27.8 Å². The molecule has 29 heavy (non-hydrogen) atoms. The highest BCUT2D eigenvalue weighted by molar-refractivity contribution is 6.24. The molecule has 1 aliphatic rings. The third-order valence-corrected chi connectivity index (χ3v) is 5.00. The molecule has 0 spiro atoms. The van der Waals surface area contributed by atoms with Crippen molar-refractivity contribution in [3.05, 3.63) is 102 Å². The van der Waals surface area contributed by atoms with Crippen LogP contribution in [0, 0.1) is 0 Å². The topological polar surface area (TPSA) is 73.2 Å². The lowest BCUT2D eigenvalue weighted by Crippen LogP contribution is -2.57. The van der Waals surface area contributed by atoms with Gasteiger partial charge in [0.25, 0.3) is 11.8 Å². The van der Waals surface area contributed by atoms with Gasteiger partial charge in [0.2, 0.25) is 5.54 Å². The van der Waals surface area contributed by atoms with Crippen LogP contribution in [0.5, 0.6) is 0 Å². The Morgan fingerprint density at radius 1 is 0.897 bits per heavy atom. The molecule has 0 aromatic heterocycles. The zero-order valence-electron chi connectivity index (χ0n) is 15.8. The second-order valence-corrected chi connectivity index (χ2v) is 6.70. The van der Waals surface area contributed by atoms with Crippen molar-refractivity contribution in [1.82, 2.24) is 5.06 Å². The summed E-state index contributed by atoms with van der Waals surface area (Å²) in [6, 6.07) is 26.0. The van der Waals surface area contributed by atoms with Crippen molar-refractivity contribution in [2.75, 3.05) is 5.01 Å². The number of carbonyl (C=O) groups is 2. The number of hydrogen-bond acceptors (Lipinski definition) is 4. The summed E-state index contributed by atoms with van der Waals surface area (Å²) in [5.74, 6) is -1.22. The molecule has 3 aromatic carbocycles. The summed E-state index contributed by atoms with van der Waals surface area (Å²) in [4.78, 5) is 26.8. The molecule has 0 bridgehead atoms. The maximum absolute atomic E-state index is 13.7. The quantitative estimate of drug-likeness (QED) is 0.548. The van der Waals surface area contributed by atoms with E-state index >= 15 is 0 Å². The highest BCUT2D eigenvalue weighted by atomic mass is 16.5. The minimum atomic E-state index is -1.76. The highest BCUT2D eigenvalue weighted by Crippen LogP contribution is 2.39. The second-order valence-electron chi connectivity index (χ2n) is 6.70. The van der Waals surface area contributed by atoms with E-state index in [0.29, 0.717) is 22.0 Å². The van der Waals surface area contributed by atoms with Gasteiger partial charge in [0.15, 0.2) is 0 Å². The summed E-state index contributed by atoms with van der Waals surface area (Å²) in [7, 11) is 0. The van der Waals surface area contributed by atoms with Gasteiger partial charge >= 0.3 is 0 Å². The zero-order valence-corrected chi connectivity index (χ0v) is 15.8. The van der Waals surface area contributed by atoms with Crippen LogP contribution in [0.3, 0.4) is 0 Å². The maximum Gasteiger partial charge on any atom is 0.286 e. The Morgan fingerprint density at radius 3 is 2.00 bits per heavy atom. The van der Waals surface area contributed by atoms with Crippen molar-refractivity contribution >= 4 is 23.2 Å². The number of amides is 2. The Morgan fingerprint density at radius 2 is 1.41 bits per heavy atom. The van der Waals surface area contributed by atoms with Crippen LogP contribution in [0.25, 0.3) is 0 Å². The Hall–Kier alpha value is -3.77. The van der Waals surface area contributed by atoms with Crippen LogP contribution in [0.4, 0.5) is 5.69 Å². The Bertz CT molecular complexity index is 1070. The first kappa shape index (κ1) is 18.6. The highest BCUT2D eigenvalue weighted by Gasteiger charge is 2.57. The average Bonchev–Trinajstić information content (AvgIpc) is 3.05. The molecule has 6 heteroatoms. The van der Waals surface area contributed by atoms with E-state index in [9.17, 15) is 14.8 Å². The summed E-state index contributed by atoms with van der Waals surface area (Å²) in [6.07, 6.45) is 0. The summed E-state index contributed by atoms with van der Waals surface area (Å²) >= 11 is 0. The molecule has 4 rings (SSSR count). The molecule has 6 nitrogen and oxygen atoms in total. The SMILES string of the molecule is CC1=NN(c2ccccc2)C(=O)C1(c1ccccc1)N(O)C(=O)c1ccccc1. The van der Waals surface area contributed by atoms with E-state index in [1.54, 1.807) is 91.9 Å². The van der Waals surface area contributed by atoms with Crippen molar-refractivity contribution in [3.8, 4) is 0 Å². The van der Waals surface area contributed by atoms with Gasteiger partial charge in [0.05, 0.1) is 11.4 Å². The third kappa shape index (κ3) is 2.90. The van der Waals surface area contributed by atoms with E-state index in [4.69, 9.17) is 0 Å². The Labute approximate surface area is 168 Å². The number of nitrogens with zero attached hydrogens (tertiary/aromatic N) is 3. The van der Waals surface area contributed by atoms with Crippen LogP contribution in [0.15, 0.2) is 96.1 Å². The van der Waals surface area contributed by atoms with Crippen molar-refractivity contribution in [3.63, 3.8) is 0 Å². The fourth-order valence-electron chi connectivity index (χ4n) is 3.55. The smallest absolute Gasteiger partial charge is 0.284 e. The molecule has 3 aromatic rings. The van der Waals surface area contributed by atoms with Gasteiger partial charge < -0.3 is 0 Å². The molecule has 0 radical (unpaired) electrons. The van der Waals surface area contributed by atoms with Crippen molar-refractivity contribution in [2.45, 2.75) is 12.5 Å². The van der Waals surface area contributed by atoms with Gasteiger partial charge in [0.1, 0.15) is 0 Å². The largest absolute Gasteiger partial charge is 0.286 e. The predicted octanol–water partition coefficient (Wildman–Crippen LogP) is 3.84. The van der Waals surface area contributed by atoms with E-state index in [2.05, 4.69) is 5.10 Å². The third-order valence-electron chi connectivity index (χ3n) is 5.00. The van der Waals surface area contributed by atoms with Gasteiger partial charge in [-0.15, -0.1) is 0 Å². The monoisotopic (exact) mass is 385 g/mol. The van der Waals surface area contributed by atoms with E-state index in [1.807, 2.05) is 6.07 Å². The van der Waals surface area contributed by atoms with E-state index in [1.165, 1.54) is 5.01 Å². The number of rotatable bonds is 4. The fraction of sp³-hybridized carbons (Fsp3) is 0.0870. The summed E-state index contributed by atoms with van der Waals surface area (Å²) < 4.78 is 0. The molecular formula is C23H19N3O3. The fourth-order valence-corrected chi connectivity index (χ4v) is 3.55. The number of carbonyl (C=O) groups excluding carboxylic acids is 2. The molecule has 1 N–H and O–H groups in total. The number of anilines is 1. The molecule has 0 aliphatic carbocycles. The first-order valence-corrected chi connectivity index (χ1v) is 9.16. The average molecular weight is 385 g/mol. The Kier molecular flexibility index (Phi) is 4.70. The molecule has 1 heterocycles. The first-order valence-electron chi connectivity index (χ1n) is 9.16. The van der Waals surface area contributed by atoms with Crippen LogP contribution < -0.4 is 5.01 Å².